The van der Waals surface area contributed by atoms with Crippen molar-refractivity contribution < 1.29 is 9.13 Å². The molecule has 7 nitrogen and oxygen atoms in total. The molecule has 0 aliphatic carbocycles. The van der Waals surface area contributed by atoms with Gasteiger partial charge < -0.3 is 19.9 Å². The smallest absolute Gasteiger partial charge is 0.192 e. The SMILES string of the molecule is CCC(CNC(=NCc1nnc(C)n1C)NC(C)c1ccccc1)Oc1ccccc1F. The van der Waals surface area contributed by atoms with E-state index in [9.17, 15) is 4.39 Å². The minimum Gasteiger partial charge on any atom is -0.486 e. The Kier molecular flexibility index (Phi) is 8.19. The van der Waals surface area contributed by atoms with Gasteiger partial charge in [0.15, 0.2) is 23.4 Å². The van der Waals surface area contributed by atoms with Gasteiger partial charge in [-0.05, 0) is 38.0 Å². The molecule has 1 aromatic heterocycles. The van der Waals surface area contributed by atoms with Crippen LogP contribution in [-0.4, -0.2) is 33.4 Å². The maximum atomic E-state index is 14.0. The van der Waals surface area contributed by atoms with Gasteiger partial charge in [0.05, 0.1) is 12.6 Å². The fourth-order valence-electron chi connectivity index (χ4n) is 3.12. The Morgan fingerprint density at radius 3 is 2.50 bits per heavy atom. The number of aromatic nitrogens is 3. The normalized spacial score (nSPS) is 13.5. The molecular weight excluding hydrogens is 407 g/mol. The van der Waals surface area contributed by atoms with E-state index >= 15 is 0 Å². The highest BCUT2D eigenvalue weighted by atomic mass is 19.1. The summed E-state index contributed by atoms with van der Waals surface area (Å²) < 4.78 is 21.8. The molecule has 0 saturated heterocycles. The number of halogens is 1. The van der Waals surface area contributed by atoms with Crippen LogP contribution in [0.2, 0.25) is 0 Å². The monoisotopic (exact) mass is 438 g/mol. The van der Waals surface area contributed by atoms with Crippen molar-refractivity contribution in [3.63, 3.8) is 0 Å². The van der Waals surface area contributed by atoms with E-state index < -0.39 is 0 Å². The summed E-state index contributed by atoms with van der Waals surface area (Å²) in [4.78, 5) is 4.71. The molecule has 170 valence electrons. The molecule has 32 heavy (non-hydrogen) atoms. The predicted octanol–water partition coefficient (Wildman–Crippen LogP) is 3.92. The van der Waals surface area contributed by atoms with Gasteiger partial charge in [-0.2, -0.15) is 0 Å². The van der Waals surface area contributed by atoms with Gasteiger partial charge in [-0.1, -0.05) is 49.4 Å². The van der Waals surface area contributed by atoms with E-state index in [0.717, 1.165) is 17.2 Å². The first-order valence-electron chi connectivity index (χ1n) is 10.8. The molecule has 0 amide bonds. The molecule has 0 bridgehead atoms. The van der Waals surface area contributed by atoms with Crippen molar-refractivity contribution in [2.24, 2.45) is 12.0 Å². The van der Waals surface area contributed by atoms with Crippen LogP contribution in [0.15, 0.2) is 59.6 Å². The van der Waals surface area contributed by atoms with E-state index in [2.05, 4.69) is 39.9 Å². The Labute approximate surface area is 188 Å². The number of benzene rings is 2. The quantitative estimate of drug-likeness (QED) is 0.391. The van der Waals surface area contributed by atoms with Crippen LogP contribution in [-0.2, 0) is 13.6 Å². The molecule has 0 radical (unpaired) electrons. The number of hydrogen-bond donors (Lipinski definition) is 2. The highest BCUT2D eigenvalue weighted by Gasteiger charge is 2.14. The van der Waals surface area contributed by atoms with Crippen molar-refractivity contribution in [1.29, 1.82) is 0 Å². The summed E-state index contributed by atoms with van der Waals surface area (Å²) in [5, 5.41) is 15.1. The van der Waals surface area contributed by atoms with Gasteiger partial charge in [0.2, 0.25) is 0 Å². The first-order chi connectivity index (χ1) is 15.5. The zero-order chi connectivity index (χ0) is 22.9. The van der Waals surface area contributed by atoms with Crippen LogP contribution in [0.4, 0.5) is 4.39 Å². The average Bonchev–Trinajstić information content (AvgIpc) is 3.13. The number of para-hydroxylation sites is 1. The minimum atomic E-state index is -0.367. The van der Waals surface area contributed by atoms with Gasteiger partial charge in [-0.15, -0.1) is 10.2 Å². The van der Waals surface area contributed by atoms with Crippen molar-refractivity contribution in [3.8, 4) is 5.75 Å². The maximum absolute atomic E-state index is 14.0. The summed E-state index contributed by atoms with van der Waals surface area (Å²) in [7, 11) is 1.92. The lowest BCUT2D eigenvalue weighted by molar-refractivity contribution is 0.191. The van der Waals surface area contributed by atoms with Crippen LogP contribution in [0.25, 0.3) is 0 Å². The lowest BCUT2D eigenvalue weighted by Crippen LogP contribution is -2.43. The number of aryl methyl sites for hydroxylation is 1. The van der Waals surface area contributed by atoms with Crippen molar-refractivity contribution in [1.82, 2.24) is 25.4 Å². The van der Waals surface area contributed by atoms with E-state index in [4.69, 9.17) is 9.73 Å². The Hall–Kier alpha value is -3.42. The van der Waals surface area contributed by atoms with Gasteiger partial charge in [-0.3, -0.25) is 0 Å². The third kappa shape index (κ3) is 6.29. The molecule has 0 saturated carbocycles. The first-order valence-corrected chi connectivity index (χ1v) is 10.8. The van der Waals surface area contributed by atoms with Crippen LogP contribution >= 0.6 is 0 Å². The molecule has 2 atom stereocenters. The van der Waals surface area contributed by atoms with Crippen LogP contribution in [0.5, 0.6) is 5.75 Å². The van der Waals surface area contributed by atoms with Crippen LogP contribution in [0.3, 0.4) is 0 Å². The van der Waals surface area contributed by atoms with Crippen LogP contribution in [0.1, 0.15) is 43.5 Å². The standard InChI is InChI=1S/C24H31FN6O/c1-5-20(32-22-14-10-9-13-21(22)25)15-26-24(27-16-23-30-29-18(3)31(23)4)28-17(2)19-11-7-6-8-12-19/h6-14,17,20H,5,15-16H2,1-4H3,(H2,26,27,28). The largest absolute Gasteiger partial charge is 0.486 e. The zero-order valence-corrected chi connectivity index (χ0v) is 19.0. The summed E-state index contributed by atoms with van der Waals surface area (Å²) in [6.45, 7) is 6.83. The van der Waals surface area contributed by atoms with Crippen molar-refractivity contribution >= 4 is 5.96 Å². The molecule has 8 heteroatoms. The zero-order valence-electron chi connectivity index (χ0n) is 19.0. The highest BCUT2D eigenvalue weighted by Crippen LogP contribution is 2.18. The van der Waals surface area contributed by atoms with E-state index in [1.54, 1.807) is 18.2 Å². The molecule has 3 rings (SSSR count). The molecule has 1 heterocycles. The summed E-state index contributed by atoms with van der Waals surface area (Å²) in [5.74, 6) is 2.11. The lowest BCUT2D eigenvalue weighted by atomic mass is 10.1. The molecule has 3 aromatic rings. The van der Waals surface area contributed by atoms with Gasteiger partial charge in [-0.25, -0.2) is 9.38 Å². The second kappa shape index (κ2) is 11.3. The first kappa shape index (κ1) is 23.2. The Morgan fingerprint density at radius 1 is 1.12 bits per heavy atom. The number of rotatable bonds is 9. The predicted molar refractivity (Wildman–Crippen MR) is 124 cm³/mol. The Bertz CT molecular complexity index is 1020. The summed E-state index contributed by atoms with van der Waals surface area (Å²) in [5.41, 5.74) is 1.14. The average molecular weight is 439 g/mol. The van der Waals surface area contributed by atoms with Gasteiger partial charge in [0.1, 0.15) is 18.5 Å². The van der Waals surface area contributed by atoms with E-state index in [1.165, 1.54) is 6.07 Å². The van der Waals surface area contributed by atoms with E-state index in [1.807, 2.05) is 43.7 Å². The number of guanidine groups is 1. The number of nitrogens with zero attached hydrogens (tertiary/aromatic N) is 4. The second-order valence-corrected chi connectivity index (χ2v) is 7.62. The molecule has 0 spiro atoms. The van der Waals surface area contributed by atoms with Crippen LogP contribution < -0.4 is 15.4 Å². The maximum Gasteiger partial charge on any atom is 0.192 e. The number of ether oxygens (including phenoxy) is 1. The molecule has 2 aromatic carbocycles. The highest BCUT2D eigenvalue weighted by molar-refractivity contribution is 5.80. The number of nitrogens with one attached hydrogen (secondary N) is 2. The summed E-state index contributed by atoms with van der Waals surface area (Å²) >= 11 is 0. The van der Waals surface area contributed by atoms with Crippen molar-refractivity contribution in [3.05, 3.63) is 77.6 Å². The molecule has 2 N–H and O–H groups in total. The Balaban J connectivity index is 1.71. The molecule has 0 aliphatic rings. The third-order valence-electron chi connectivity index (χ3n) is 5.30. The summed E-state index contributed by atoms with van der Waals surface area (Å²) in [6, 6.07) is 16.6. The topological polar surface area (TPSA) is 76.4 Å². The molecule has 2 unspecified atom stereocenters. The molecule has 0 aliphatic heterocycles. The van der Waals surface area contributed by atoms with Crippen LogP contribution in [0, 0.1) is 12.7 Å². The fraction of sp³-hybridized carbons (Fsp3) is 0.375. The van der Waals surface area contributed by atoms with Gasteiger partial charge >= 0.3 is 0 Å². The lowest BCUT2D eigenvalue weighted by Gasteiger charge is -2.22. The second-order valence-electron chi connectivity index (χ2n) is 7.62. The third-order valence-corrected chi connectivity index (χ3v) is 5.30. The van der Waals surface area contributed by atoms with Crippen molar-refractivity contribution in [2.45, 2.75) is 45.9 Å². The summed E-state index contributed by atoms with van der Waals surface area (Å²) in [6.07, 6.45) is 0.494. The van der Waals surface area contributed by atoms with Gasteiger partial charge in [0, 0.05) is 7.05 Å². The number of hydrogen-bond acceptors (Lipinski definition) is 4. The van der Waals surface area contributed by atoms with Crippen molar-refractivity contribution in [2.75, 3.05) is 6.54 Å². The van der Waals surface area contributed by atoms with Gasteiger partial charge in [0.25, 0.3) is 0 Å². The van der Waals surface area contributed by atoms with E-state index in [0.29, 0.717) is 25.5 Å². The Morgan fingerprint density at radius 2 is 1.84 bits per heavy atom. The fourth-order valence-corrected chi connectivity index (χ4v) is 3.12. The molecule has 0 fully saturated rings. The van der Waals surface area contributed by atoms with E-state index in [-0.39, 0.29) is 23.7 Å². The minimum absolute atomic E-state index is 0.0382. The number of aliphatic imine (C=N–C) groups is 1. The molecular formula is C24H31FN6O.